The monoisotopic (exact) mass is 645 g/mol. The van der Waals surface area contributed by atoms with E-state index >= 15 is 0 Å². The Balaban J connectivity index is 1.29. The molecule has 14 heteroatoms. The van der Waals surface area contributed by atoms with Crippen molar-refractivity contribution in [3.63, 3.8) is 0 Å². The second kappa shape index (κ2) is 12.8. The Morgan fingerprint density at radius 3 is 2.61 bits per heavy atom. The number of rotatable bonds is 8. The van der Waals surface area contributed by atoms with E-state index in [-0.39, 0.29) is 28.7 Å². The highest BCUT2D eigenvalue weighted by Crippen LogP contribution is 2.59. The molecule has 3 amide bonds. The number of carbonyl (C=O) groups is 3. The Morgan fingerprint density at radius 1 is 1.16 bits per heavy atom. The van der Waals surface area contributed by atoms with E-state index in [9.17, 15) is 27.7 Å². The van der Waals surface area contributed by atoms with Crippen molar-refractivity contribution >= 4 is 46.7 Å². The van der Waals surface area contributed by atoms with Crippen LogP contribution in [0.25, 0.3) is 10.1 Å². The highest BCUT2D eigenvalue weighted by atomic mass is 32.1. The zero-order valence-electron chi connectivity index (χ0n) is 23.4. The Morgan fingerprint density at radius 2 is 1.91 bits per heavy atom. The summed E-state index contributed by atoms with van der Waals surface area (Å²) in [5, 5.41) is 2.80. The van der Waals surface area contributed by atoms with Crippen molar-refractivity contribution < 1.29 is 42.3 Å². The summed E-state index contributed by atoms with van der Waals surface area (Å²) in [6.07, 6.45) is 6.16. The molecular formula is C30H30F2N3O7PS. The number of fused-ring (bicyclic) bond motifs is 1. The minimum absolute atomic E-state index is 0.0841. The highest BCUT2D eigenvalue weighted by molar-refractivity contribution is 7.52. The summed E-state index contributed by atoms with van der Waals surface area (Å²) in [6, 6.07) is 12.1. The molecule has 0 spiro atoms. The lowest BCUT2D eigenvalue weighted by Gasteiger charge is -2.37. The van der Waals surface area contributed by atoms with Gasteiger partial charge >= 0.3 is 13.3 Å². The minimum Gasteiger partial charge on any atom is -0.370 e. The average Bonchev–Trinajstić information content (AvgIpc) is 3.67. The van der Waals surface area contributed by atoms with Gasteiger partial charge in [0.1, 0.15) is 18.2 Å². The van der Waals surface area contributed by atoms with Crippen LogP contribution in [0.5, 0.6) is 0 Å². The maximum Gasteiger partial charge on any atom is 0.399 e. The third-order valence-corrected chi connectivity index (χ3v) is 9.85. The van der Waals surface area contributed by atoms with Gasteiger partial charge in [-0.1, -0.05) is 36.4 Å². The van der Waals surface area contributed by atoms with E-state index in [1.807, 2.05) is 30.3 Å². The summed E-state index contributed by atoms with van der Waals surface area (Å²) >= 11 is 0.959. The van der Waals surface area contributed by atoms with E-state index in [0.29, 0.717) is 43.8 Å². The van der Waals surface area contributed by atoms with Crippen molar-refractivity contribution in [2.24, 2.45) is 0 Å². The van der Waals surface area contributed by atoms with Crippen LogP contribution in [0.4, 0.5) is 8.78 Å². The minimum atomic E-state index is -5.77. The Kier molecular flexibility index (Phi) is 9.20. The molecule has 0 aliphatic carbocycles. The van der Waals surface area contributed by atoms with Gasteiger partial charge in [-0.2, -0.15) is 8.78 Å². The van der Waals surface area contributed by atoms with Crippen molar-refractivity contribution in [3.8, 4) is 12.3 Å². The Bertz CT molecular complexity index is 1650. The predicted molar refractivity (Wildman–Crippen MR) is 159 cm³/mol. The van der Waals surface area contributed by atoms with E-state index in [0.717, 1.165) is 29.0 Å². The molecule has 2 saturated heterocycles. The number of hydrogen-bond donors (Lipinski definition) is 3. The lowest BCUT2D eigenvalue weighted by atomic mass is 10.1. The fourth-order valence-electron chi connectivity index (χ4n) is 5.47. The normalized spacial score (nSPS) is 19.9. The molecule has 2 aromatic carbocycles. The van der Waals surface area contributed by atoms with E-state index in [2.05, 4.69) is 11.2 Å². The van der Waals surface area contributed by atoms with Crippen molar-refractivity contribution in [1.82, 2.24) is 15.1 Å². The van der Waals surface area contributed by atoms with Gasteiger partial charge in [0.05, 0.1) is 18.0 Å². The molecule has 3 N–H and O–H groups in total. The van der Waals surface area contributed by atoms with Gasteiger partial charge in [-0.3, -0.25) is 18.9 Å². The molecule has 3 atom stereocenters. The maximum atomic E-state index is 14.2. The number of nitrogens with one attached hydrogen (secondary N) is 1. The van der Waals surface area contributed by atoms with Crippen LogP contribution in [0.3, 0.4) is 0 Å². The van der Waals surface area contributed by atoms with Gasteiger partial charge in [0.15, 0.2) is 0 Å². The number of amides is 3. The van der Waals surface area contributed by atoms with Gasteiger partial charge in [0.2, 0.25) is 11.8 Å². The summed E-state index contributed by atoms with van der Waals surface area (Å²) in [6.45, 7) is 1.41. The van der Waals surface area contributed by atoms with Gasteiger partial charge in [0.25, 0.3) is 5.91 Å². The molecule has 3 heterocycles. The van der Waals surface area contributed by atoms with Crippen LogP contribution in [-0.4, -0.2) is 75.6 Å². The van der Waals surface area contributed by atoms with Gasteiger partial charge < -0.3 is 29.6 Å². The lowest BCUT2D eigenvalue weighted by Crippen LogP contribution is -2.55. The molecule has 3 aromatic rings. The van der Waals surface area contributed by atoms with Crippen LogP contribution < -0.4 is 5.32 Å². The largest absolute Gasteiger partial charge is 0.399 e. The molecule has 2 aliphatic rings. The van der Waals surface area contributed by atoms with Crippen molar-refractivity contribution in [3.05, 3.63) is 70.6 Å². The first kappa shape index (κ1) is 31.8. The number of morpholine rings is 1. The number of hydrogen-bond acceptors (Lipinski definition) is 6. The molecule has 232 valence electrons. The van der Waals surface area contributed by atoms with Crippen LogP contribution in [0.15, 0.2) is 54.6 Å². The smallest absolute Gasteiger partial charge is 0.370 e. The highest BCUT2D eigenvalue weighted by Gasteiger charge is 2.50. The first-order chi connectivity index (χ1) is 20.9. The molecule has 0 saturated carbocycles. The first-order valence-corrected chi connectivity index (χ1v) is 16.3. The number of likely N-dealkylation sites (tertiary alicyclic amines) is 1. The summed E-state index contributed by atoms with van der Waals surface area (Å²) < 4.78 is 46.0. The van der Waals surface area contributed by atoms with Gasteiger partial charge in [-0.05, 0) is 42.0 Å². The Labute approximate surface area is 256 Å². The predicted octanol–water partition coefficient (Wildman–Crippen LogP) is 3.84. The van der Waals surface area contributed by atoms with E-state index < -0.39 is 42.7 Å². The van der Waals surface area contributed by atoms with Crippen molar-refractivity contribution in [2.75, 3.05) is 26.2 Å². The fraction of sp³-hybridized carbons (Fsp3) is 0.367. The SMILES string of the molecule is C#CCC(NC(=O)c1cc2cc(C(F)(F)P(=O)(O)O)ccc2s1)C(=O)N1CCC[C@H]1C(=O)N1CCO[C@@H](c2ccccc2)C1. The molecule has 2 aliphatic heterocycles. The third kappa shape index (κ3) is 6.41. The van der Waals surface area contributed by atoms with Crippen molar-refractivity contribution in [2.45, 2.75) is 43.1 Å². The quantitative estimate of drug-likeness (QED) is 0.250. The molecule has 10 nitrogen and oxygen atoms in total. The summed E-state index contributed by atoms with van der Waals surface area (Å²) in [4.78, 5) is 61.9. The zero-order chi connectivity index (χ0) is 31.6. The number of thiophene rings is 1. The molecule has 44 heavy (non-hydrogen) atoms. The Hall–Kier alpha value is -3.66. The number of alkyl halides is 2. The number of halogens is 2. The molecule has 2 fully saturated rings. The van der Waals surface area contributed by atoms with Crippen LogP contribution in [0, 0.1) is 12.3 Å². The zero-order valence-corrected chi connectivity index (χ0v) is 25.1. The van der Waals surface area contributed by atoms with Crippen LogP contribution in [0.2, 0.25) is 0 Å². The van der Waals surface area contributed by atoms with E-state index in [1.54, 1.807) is 4.90 Å². The summed E-state index contributed by atoms with van der Waals surface area (Å²) in [7, 11) is -5.77. The molecule has 1 aromatic heterocycles. The second-order valence-electron chi connectivity index (χ2n) is 10.6. The van der Waals surface area contributed by atoms with Crippen LogP contribution in [-0.2, 0) is 24.6 Å². The lowest BCUT2D eigenvalue weighted by molar-refractivity contribution is -0.149. The van der Waals surface area contributed by atoms with Gasteiger partial charge in [-0.15, -0.1) is 23.7 Å². The molecule has 1 unspecified atom stereocenters. The number of terminal acetylenes is 1. The average molecular weight is 646 g/mol. The number of carbonyl (C=O) groups excluding carboxylic acids is 3. The molecule has 0 radical (unpaired) electrons. The molecular weight excluding hydrogens is 615 g/mol. The van der Waals surface area contributed by atoms with E-state index in [4.69, 9.17) is 20.9 Å². The maximum absolute atomic E-state index is 14.2. The van der Waals surface area contributed by atoms with Crippen LogP contribution >= 0.6 is 18.9 Å². The van der Waals surface area contributed by atoms with Gasteiger partial charge in [-0.25, -0.2) is 0 Å². The molecule has 5 rings (SSSR count). The molecule has 0 bridgehead atoms. The van der Waals surface area contributed by atoms with E-state index in [1.165, 1.54) is 17.0 Å². The number of ether oxygens (including phenoxy) is 1. The topological polar surface area (TPSA) is 136 Å². The third-order valence-electron chi connectivity index (χ3n) is 7.75. The number of nitrogens with zero attached hydrogens (tertiary/aromatic N) is 2. The second-order valence-corrected chi connectivity index (χ2v) is 13.4. The number of benzene rings is 2. The van der Waals surface area contributed by atoms with Gasteiger partial charge in [0, 0.05) is 29.8 Å². The standard InChI is InChI=1S/C30H30F2N3O7PS/c1-2-7-22(33-27(36)26-17-20-16-21(11-12-25(20)44-26)30(31,32)43(39,40)41)28(37)35-13-6-10-23(35)29(38)34-14-15-42-24(18-34)19-8-4-3-5-9-19/h1,3-5,8-9,11-12,16-17,22-24H,6-7,10,13-15,18H2,(H,33,36)(H2,39,40,41)/t22?,23-,24+/m0/s1. The fourth-order valence-corrected chi connectivity index (χ4v) is 6.90. The van der Waals surface area contributed by atoms with Crippen molar-refractivity contribution in [1.29, 1.82) is 0 Å². The summed E-state index contributed by atoms with van der Waals surface area (Å²) in [5.41, 5.74) is -4.33. The summed E-state index contributed by atoms with van der Waals surface area (Å²) in [5.74, 6) is 1.03. The van der Waals surface area contributed by atoms with Crippen LogP contribution in [0.1, 0.15) is 46.2 Å². The first-order valence-electron chi connectivity index (χ1n) is 13.9.